The Balaban J connectivity index is 0.973. The molecule has 0 saturated heterocycles. The van der Waals surface area contributed by atoms with Gasteiger partial charge in [0.1, 0.15) is 0 Å². The van der Waals surface area contributed by atoms with Crippen LogP contribution in [0.4, 0.5) is 0 Å². The molecule has 0 bridgehead atoms. The maximum Gasteiger partial charge on any atom is 0.0992 e. The molecule has 300 valence electrons. The SMILES string of the molecule is N#Cc1cc2ccc3cc(-c4ccc(-c5cc6c7ccccc7c(-c7cc(-c8ccccn8)cc(-c8ccccn8)c7)cc6c6ccccc56)cc4)cc4c3c2c(c1)n4-c1ccccc1. The van der Waals surface area contributed by atoms with E-state index >= 15 is 0 Å². The van der Waals surface area contributed by atoms with E-state index in [-0.39, 0.29) is 0 Å². The van der Waals surface area contributed by atoms with Crippen LogP contribution in [0.5, 0.6) is 0 Å². The monoisotopic (exact) mass is 824 g/mol. The molecule has 0 aliphatic heterocycles. The number of nitriles is 1. The lowest BCUT2D eigenvalue weighted by atomic mass is 9.86. The van der Waals surface area contributed by atoms with Gasteiger partial charge >= 0.3 is 0 Å². The van der Waals surface area contributed by atoms with Crippen molar-refractivity contribution < 1.29 is 0 Å². The maximum atomic E-state index is 9.97. The van der Waals surface area contributed by atoms with Gasteiger partial charge in [-0.3, -0.25) is 9.97 Å². The van der Waals surface area contributed by atoms with Crippen molar-refractivity contribution in [3.8, 4) is 67.7 Å². The lowest BCUT2D eigenvalue weighted by Gasteiger charge is -2.17. The first-order valence-electron chi connectivity index (χ1n) is 21.9. The van der Waals surface area contributed by atoms with Crippen molar-refractivity contribution in [2.45, 2.75) is 0 Å². The number of aromatic nitrogens is 3. The standard InChI is InChI=1S/C61H36N4/c62-37-38-28-41-24-25-42-30-43(34-59-61(42)60(41)58(29-38)65(59)47-12-2-1-3-13-47)39-20-22-40(23-21-39)52-35-54-51-17-7-5-15-49(51)53(36-55(54)50-16-6-4-14-48(50)52)44-31-45(56-18-8-10-26-63-56)33-46(32-44)57-19-9-11-27-64-57/h1-36H. The minimum Gasteiger partial charge on any atom is -0.309 e. The summed E-state index contributed by atoms with van der Waals surface area (Å²) in [4.78, 5) is 9.50. The van der Waals surface area contributed by atoms with E-state index in [9.17, 15) is 5.26 Å². The van der Waals surface area contributed by atoms with Crippen molar-refractivity contribution in [1.82, 2.24) is 14.5 Å². The fourth-order valence-corrected chi connectivity index (χ4v) is 10.3. The van der Waals surface area contributed by atoms with Crippen LogP contribution in [0, 0.1) is 11.3 Å². The van der Waals surface area contributed by atoms with E-state index in [1.807, 2.05) is 54.9 Å². The fourth-order valence-electron chi connectivity index (χ4n) is 10.3. The molecule has 0 N–H and O–H groups in total. The molecule has 0 saturated carbocycles. The molecule has 0 atom stereocenters. The highest BCUT2D eigenvalue weighted by Crippen LogP contribution is 2.45. The third kappa shape index (κ3) is 5.91. The van der Waals surface area contributed by atoms with Crippen molar-refractivity contribution in [1.29, 1.82) is 5.26 Å². The van der Waals surface area contributed by atoms with Crippen LogP contribution in [0.3, 0.4) is 0 Å². The summed E-state index contributed by atoms with van der Waals surface area (Å²) in [6.45, 7) is 0. The zero-order valence-electron chi connectivity index (χ0n) is 35.1. The van der Waals surface area contributed by atoms with Crippen molar-refractivity contribution in [2.75, 3.05) is 0 Å². The van der Waals surface area contributed by atoms with Crippen LogP contribution < -0.4 is 0 Å². The first-order valence-corrected chi connectivity index (χ1v) is 21.9. The number of hydrogen-bond acceptors (Lipinski definition) is 3. The first-order chi connectivity index (χ1) is 32.2. The molecule has 10 aromatic carbocycles. The highest BCUT2D eigenvalue weighted by Gasteiger charge is 2.20. The number of para-hydroxylation sites is 1. The Morgan fingerprint density at radius 3 is 1.45 bits per heavy atom. The number of hydrogen-bond donors (Lipinski definition) is 0. The predicted molar refractivity (Wildman–Crippen MR) is 269 cm³/mol. The van der Waals surface area contributed by atoms with Crippen LogP contribution in [0.2, 0.25) is 0 Å². The summed E-state index contributed by atoms with van der Waals surface area (Å²) in [5.41, 5.74) is 14.8. The lowest BCUT2D eigenvalue weighted by Crippen LogP contribution is -1.94. The topological polar surface area (TPSA) is 54.5 Å². The quantitative estimate of drug-likeness (QED) is 0.157. The van der Waals surface area contributed by atoms with Crippen LogP contribution in [0.1, 0.15) is 5.56 Å². The Labute approximate surface area is 374 Å². The van der Waals surface area contributed by atoms with E-state index < -0.39 is 0 Å². The van der Waals surface area contributed by atoms with Gasteiger partial charge in [0.15, 0.2) is 0 Å². The average molecular weight is 825 g/mol. The molecule has 3 aromatic heterocycles. The Morgan fingerprint density at radius 2 is 0.862 bits per heavy atom. The summed E-state index contributed by atoms with van der Waals surface area (Å²) in [5.74, 6) is 0. The number of nitrogens with zero attached hydrogens (tertiary/aromatic N) is 4. The van der Waals surface area contributed by atoms with E-state index in [1.54, 1.807) is 0 Å². The van der Waals surface area contributed by atoms with Crippen LogP contribution in [0.15, 0.2) is 219 Å². The molecule has 0 aliphatic carbocycles. The lowest BCUT2D eigenvalue weighted by molar-refractivity contribution is 1.18. The normalized spacial score (nSPS) is 11.7. The van der Waals surface area contributed by atoms with Gasteiger partial charge in [0.05, 0.1) is 34.1 Å². The second-order valence-electron chi connectivity index (χ2n) is 16.9. The van der Waals surface area contributed by atoms with Crippen molar-refractivity contribution in [3.63, 3.8) is 0 Å². The number of benzene rings is 10. The molecule has 0 unspecified atom stereocenters. The number of fused-ring (bicyclic) bond motifs is 5. The van der Waals surface area contributed by atoms with Crippen molar-refractivity contribution in [2.24, 2.45) is 0 Å². The van der Waals surface area contributed by atoms with E-state index in [0.717, 1.165) is 66.9 Å². The van der Waals surface area contributed by atoms with Crippen molar-refractivity contribution in [3.05, 3.63) is 224 Å². The van der Waals surface area contributed by atoms with E-state index in [2.05, 4.69) is 174 Å². The molecule has 0 aliphatic rings. The number of pyridine rings is 2. The summed E-state index contributed by atoms with van der Waals surface area (Å²) < 4.78 is 2.32. The Hall–Kier alpha value is -8.91. The second kappa shape index (κ2) is 14.6. The highest BCUT2D eigenvalue weighted by atomic mass is 15.0. The molecule has 13 rings (SSSR count). The van der Waals surface area contributed by atoms with Gasteiger partial charge in [-0.05, 0) is 167 Å². The molecule has 4 heteroatoms. The minimum atomic E-state index is 0.660. The molecule has 65 heavy (non-hydrogen) atoms. The minimum absolute atomic E-state index is 0.660. The van der Waals surface area contributed by atoms with Gasteiger partial charge in [-0.15, -0.1) is 0 Å². The third-order valence-electron chi connectivity index (χ3n) is 13.2. The molecule has 0 fully saturated rings. The van der Waals surface area contributed by atoms with Crippen LogP contribution >= 0.6 is 0 Å². The Bertz CT molecular complexity index is 3980. The number of rotatable bonds is 6. The van der Waals surface area contributed by atoms with E-state index in [1.165, 1.54) is 59.6 Å². The second-order valence-corrected chi connectivity index (χ2v) is 16.9. The van der Waals surface area contributed by atoms with Gasteiger partial charge in [-0.25, -0.2) is 0 Å². The zero-order valence-corrected chi connectivity index (χ0v) is 35.1. The van der Waals surface area contributed by atoms with Crippen LogP contribution in [0.25, 0.3) is 126 Å². The van der Waals surface area contributed by atoms with Gasteiger partial charge < -0.3 is 4.57 Å². The Kier molecular flexibility index (Phi) is 8.24. The maximum absolute atomic E-state index is 9.97. The summed E-state index contributed by atoms with van der Waals surface area (Å²) in [5, 5.41) is 21.9. The molecule has 0 radical (unpaired) electrons. The van der Waals surface area contributed by atoms with Crippen molar-refractivity contribution >= 4 is 64.9 Å². The van der Waals surface area contributed by atoms with Gasteiger partial charge in [-0.1, -0.05) is 115 Å². The summed E-state index contributed by atoms with van der Waals surface area (Å²) in [6, 6.07) is 76.3. The molecule has 3 heterocycles. The molecular weight excluding hydrogens is 789 g/mol. The van der Waals surface area contributed by atoms with Gasteiger partial charge in [0.25, 0.3) is 0 Å². The van der Waals surface area contributed by atoms with E-state index in [0.29, 0.717) is 5.56 Å². The van der Waals surface area contributed by atoms with Crippen LogP contribution in [-0.2, 0) is 0 Å². The predicted octanol–water partition coefficient (Wildman–Crippen LogP) is 15.8. The third-order valence-corrected chi connectivity index (χ3v) is 13.2. The van der Waals surface area contributed by atoms with E-state index in [4.69, 9.17) is 9.97 Å². The van der Waals surface area contributed by atoms with Crippen LogP contribution in [-0.4, -0.2) is 14.5 Å². The molecule has 0 amide bonds. The molecule has 0 spiro atoms. The first kappa shape index (κ1) is 36.7. The highest BCUT2D eigenvalue weighted by molar-refractivity contribution is 6.26. The Morgan fingerprint density at radius 1 is 0.354 bits per heavy atom. The molecular formula is C61H36N4. The van der Waals surface area contributed by atoms with Gasteiger partial charge in [-0.2, -0.15) is 5.26 Å². The average Bonchev–Trinajstić information content (AvgIpc) is 3.72. The smallest absolute Gasteiger partial charge is 0.0992 e. The fraction of sp³-hybridized carbons (Fsp3) is 0. The molecule has 13 aromatic rings. The summed E-state index contributed by atoms with van der Waals surface area (Å²) in [6.07, 6.45) is 3.71. The van der Waals surface area contributed by atoms with Gasteiger partial charge in [0, 0.05) is 40.0 Å². The molecule has 4 nitrogen and oxygen atoms in total. The summed E-state index contributed by atoms with van der Waals surface area (Å²) >= 11 is 0. The largest absolute Gasteiger partial charge is 0.309 e. The summed E-state index contributed by atoms with van der Waals surface area (Å²) in [7, 11) is 0. The zero-order chi connectivity index (χ0) is 43.0. The van der Waals surface area contributed by atoms with Gasteiger partial charge in [0.2, 0.25) is 0 Å².